The standard InChI is InChI=1S/C27H38N6O5S/c28-13-5-4-8-21(26(37)33-23(16-39)24(30)35)31-27(38)22(15-18-9-11-19(34)12-10-18)32-25(36)20(29)14-17-6-2-1-3-7-17/h1-3,6-7,9-12,20-23,34,39H,4-5,8,13-16,28-29H2,(H2,30,35)(H,31,38)(H,32,36)(H,33,37)/t20-,21-,22-,23-/m0/s1. The molecule has 0 saturated carbocycles. The lowest BCUT2D eigenvalue weighted by Gasteiger charge is -2.25. The van der Waals surface area contributed by atoms with Gasteiger partial charge in [0.1, 0.15) is 23.9 Å². The van der Waals surface area contributed by atoms with Crippen molar-refractivity contribution in [2.24, 2.45) is 17.2 Å². The van der Waals surface area contributed by atoms with E-state index in [-0.39, 0.29) is 30.8 Å². The Hall–Kier alpha value is -3.61. The van der Waals surface area contributed by atoms with E-state index in [2.05, 4.69) is 28.6 Å². The second-order valence-corrected chi connectivity index (χ2v) is 9.58. The van der Waals surface area contributed by atoms with Crippen LogP contribution in [0.1, 0.15) is 30.4 Å². The highest BCUT2D eigenvalue weighted by Crippen LogP contribution is 2.12. The summed E-state index contributed by atoms with van der Waals surface area (Å²) in [7, 11) is 0. The highest BCUT2D eigenvalue weighted by molar-refractivity contribution is 7.80. The minimum atomic E-state index is -1.08. The first kappa shape index (κ1) is 31.6. The van der Waals surface area contributed by atoms with Crippen LogP contribution in [0.2, 0.25) is 0 Å². The molecule has 0 bridgehead atoms. The number of unbranched alkanes of at least 4 members (excludes halogenated alkanes) is 1. The third-order valence-corrected chi connectivity index (χ3v) is 6.43. The summed E-state index contributed by atoms with van der Waals surface area (Å²) in [5, 5.41) is 17.5. The number of amides is 4. The average Bonchev–Trinajstić information content (AvgIpc) is 2.92. The summed E-state index contributed by atoms with van der Waals surface area (Å²) >= 11 is 4.04. The number of carbonyl (C=O) groups is 4. The van der Waals surface area contributed by atoms with E-state index in [0.717, 1.165) is 5.56 Å². The number of phenolic OH excluding ortho intramolecular Hbond substituents is 1. The second-order valence-electron chi connectivity index (χ2n) is 9.22. The highest BCUT2D eigenvalue weighted by Gasteiger charge is 2.29. The Kier molecular flexibility index (Phi) is 13.3. The summed E-state index contributed by atoms with van der Waals surface area (Å²) in [6, 6.07) is 11.4. The van der Waals surface area contributed by atoms with E-state index in [9.17, 15) is 24.3 Å². The zero-order valence-corrected chi connectivity index (χ0v) is 22.6. The van der Waals surface area contributed by atoms with Crippen LogP contribution >= 0.6 is 12.6 Å². The number of rotatable bonds is 16. The maximum Gasteiger partial charge on any atom is 0.243 e. The molecule has 0 radical (unpaired) electrons. The fraction of sp³-hybridized carbons (Fsp3) is 0.407. The van der Waals surface area contributed by atoms with Crippen molar-refractivity contribution >= 4 is 36.3 Å². The molecule has 4 atom stereocenters. The lowest BCUT2D eigenvalue weighted by atomic mass is 10.0. The van der Waals surface area contributed by atoms with Crippen molar-refractivity contribution < 1.29 is 24.3 Å². The molecule has 212 valence electrons. The van der Waals surface area contributed by atoms with Crippen LogP contribution in [0.3, 0.4) is 0 Å². The van der Waals surface area contributed by atoms with Gasteiger partial charge >= 0.3 is 0 Å². The summed E-state index contributed by atoms with van der Waals surface area (Å²) in [5.74, 6) is -2.46. The van der Waals surface area contributed by atoms with Gasteiger partial charge in [0.25, 0.3) is 0 Å². The van der Waals surface area contributed by atoms with Gasteiger partial charge in [-0.15, -0.1) is 0 Å². The molecule has 10 N–H and O–H groups in total. The highest BCUT2D eigenvalue weighted by atomic mass is 32.1. The Labute approximate surface area is 233 Å². The number of nitrogens with two attached hydrogens (primary N) is 3. The van der Waals surface area contributed by atoms with Gasteiger partial charge < -0.3 is 38.3 Å². The topological polar surface area (TPSA) is 203 Å². The summed E-state index contributed by atoms with van der Waals surface area (Å²) in [6.07, 6.45) is 1.75. The molecular formula is C27H38N6O5S. The van der Waals surface area contributed by atoms with Crippen molar-refractivity contribution in [3.8, 4) is 5.75 Å². The Morgan fingerprint density at radius 3 is 1.92 bits per heavy atom. The van der Waals surface area contributed by atoms with Gasteiger partial charge in [-0.1, -0.05) is 42.5 Å². The molecule has 0 aliphatic rings. The first-order valence-electron chi connectivity index (χ1n) is 12.7. The fourth-order valence-corrected chi connectivity index (χ4v) is 4.10. The number of aromatic hydroxyl groups is 1. The first-order valence-corrected chi connectivity index (χ1v) is 13.4. The van der Waals surface area contributed by atoms with Crippen molar-refractivity contribution in [3.63, 3.8) is 0 Å². The molecule has 11 nitrogen and oxygen atoms in total. The number of thiol groups is 1. The summed E-state index contributed by atoms with van der Waals surface area (Å²) in [6.45, 7) is 0.404. The van der Waals surface area contributed by atoms with Crippen molar-refractivity contribution in [2.45, 2.75) is 56.3 Å². The molecule has 0 fully saturated rings. The van der Waals surface area contributed by atoms with E-state index in [4.69, 9.17) is 17.2 Å². The van der Waals surface area contributed by atoms with Gasteiger partial charge in [-0.25, -0.2) is 0 Å². The quantitative estimate of drug-likeness (QED) is 0.100. The average molecular weight is 559 g/mol. The predicted octanol–water partition coefficient (Wildman–Crippen LogP) is -0.497. The minimum absolute atomic E-state index is 0.0105. The molecule has 2 aromatic rings. The van der Waals surface area contributed by atoms with Gasteiger partial charge in [-0.05, 0) is 55.5 Å². The van der Waals surface area contributed by atoms with Crippen LogP contribution in [0.4, 0.5) is 0 Å². The van der Waals surface area contributed by atoms with Gasteiger partial charge in [0.2, 0.25) is 23.6 Å². The van der Waals surface area contributed by atoms with E-state index < -0.39 is 47.8 Å². The molecule has 0 unspecified atom stereocenters. The molecule has 0 aliphatic heterocycles. The Bertz CT molecular complexity index is 1090. The van der Waals surface area contributed by atoms with Crippen LogP contribution in [0, 0.1) is 0 Å². The third-order valence-electron chi connectivity index (χ3n) is 6.07. The van der Waals surface area contributed by atoms with Gasteiger partial charge in [0, 0.05) is 12.2 Å². The number of carbonyl (C=O) groups excluding carboxylic acids is 4. The minimum Gasteiger partial charge on any atom is -0.508 e. The number of hydrogen-bond acceptors (Lipinski definition) is 8. The van der Waals surface area contributed by atoms with Crippen molar-refractivity contribution in [1.29, 1.82) is 0 Å². The van der Waals surface area contributed by atoms with E-state index in [1.165, 1.54) is 12.1 Å². The van der Waals surface area contributed by atoms with Crippen LogP contribution < -0.4 is 33.2 Å². The number of nitrogens with one attached hydrogen (secondary N) is 3. The molecular weight excluding hydrogens is 520 g/mol. The Morgan fingerprint density at radius 2 is 1.33 bits per heavy atom. The third kappa shape index (κ3) is 11.0. The number of hydrogen-bond donors (Lipinski definition) is 8. The van der Waals surface area contributed by atoms with E-state index in [0.29, 0.717) is 24.9 Å². The molecule has 0 aliphatic carbocycles. The first-order chi connectivity index (χ1) is 18.6. The van der Waals surface area contributed by atoms with Crippen molar-refractivity contribution in [2.75, 3.05) is 12.3 Å². The maximum atomic E-state index is 13.4. The smallest absolute Gasteiger partial charge is 0.243 e. The van der Waals surface area contributed by atoms with Crippen LogP contribution in [-0.4, -0.2) is 65.2 Å². The molecule has 4 amide bonds. The van der Waals surface area contributed by atoms with Crippen LogP contribution in [-0.2, 0) is 32.0 Å². The zero-order chi connectivity index (χ0) is 28.8. The van der Waals surface area contributed by atoms with Crippen LogP contribution in [0.15, 0.2) is 54.6 Å². The van der Waals surface area contributed by atoms with E-state index in [1.54, 1.807) is 12.1 Å². The monoisotopic (exact) mass is 558 g/mol. The molecule has 2 aromatic carbocycles. The van der Waals surface area contributed by atoms with E-state index in [1.807, 2.05) is 30.3 Å². The molecule has 0 saturated heterocycles. The van der Waals surface area contributed by atoms with E-state index >= 15 is 0 Å². The Morgan fingerprint density at radius 1 is 0.769 bits per heavy atom. The molecule has 12 heteroatoms. The van der Waals surface area contributed by atoms with Crippen LogP contribution in [0.25, 0.3) is 0 Å². The Balaban J connectivity index is 2.21. The normalized spacial score (nSPS) is 13.9. The molecule has 0 heterocycles. The van der Waals surface area contributed by atoms with Gasteiger partial charge in [0.05, 0.1) is 6.04 Å². The number of benzene rings is 2. The summed E-state index contributed by atoms with van der Waals surface area (Å²) in [4.78, 5) is 51.0. The largest absolute Gasteiger partial charge is 0.508 e. The van der Waals surface area contributed by atoms with Gasteiger partial charge in [-0.2, -0.15) is 12.6 Å². The number of primary amides is 1. The van der Waals surface area contributed by atoms with Crippen molar-refractivity contribution in [1.82, 2.24) is 16.0 Å². The SMILES string of the molecule is NCCCC[C@H](NC(=O)[C@H](Cc1ccc(O)cc1)NC(=O)[C@@H](N)Cc1ccccc1)C(=O)N[C@@H](CS)C(N)=O. The summed E-state index contributed by atoms with van der Waals surface area (Å²) < 4.78 is 0. The van der Waals surface area contributed by atoms with Crippen molar-refractivity contribution in [3.05, 3.63) is 65.7 Å². The zero-order valence-electron chi connectivity index (χ0n) is 21.7. The maximum absolute atomic E-state index is 13.4. The molecule has 0 spiro atoms. The van der Waals surface area contributed by atoms with Gasteiger partial charge in [0.15, 0.2) is 0 Å². The summed E-state index contributed by atoms with van der Waals surface area (Å²) in [5.41, 5.74) is 18.6. The molecule has 0 aromatic heterocycles. The lowest BCUT2D eigenvalue weighted by Crippen LogP contribution is -2.58. The lowest BCUT2D eigenvalue weighted by molar-refractivity contribution is -0.133. The fourth-order valence-electron chi connectivity index (χ4n) is 3.83. The number of phenols is 1. The second kappa shape index (κ2) is 16.4. The molecule has 39 heavy (non-hydrogen) atoms. The van der Waals surface area contributed by atoms with Crippen LogP contribution in [0.5, 0.6) is 5.75 Å². The predicted molar refractivity (Wildman–Crippen MR) is 152 cm³/mol. The molecule has 2 rings (SSSR count). The van der Waals surface area contributed by atoms with Gasteiger partial charge in [-0.3, -0.25) is 19.2 Å².